The molecule has 0 aliphatic carbocycles. The molecule has 158 valence electrons. The van der Waals surface area contributed by atoms with Gasteiger partial charge in [0.15, 0.2) is 0 Å². The third-order valence-electron chi connectivity index (χ3n) is 5.41. The van der Waals surface area contributed by atoms with E-state index in [0.29, 0.717) is 56.3 Å². The highest BCUT2D eigenvalue weighted by Crippen LogP contribution is 2.27. The zero-order valence-electron chi connectivity index (χ0n) is 16.9. The topological polar surface area (TPSA) is 81.2 Å². The van der Waals surface area contributed by atoms with E-state index in [9.17, 15) is 9.59 Å². The number of carbonyl (C=O) groups is 2. The first-order chi connectivity index (χ1) is 14.7. The standard InChI is InChI=1S/C22H25N3O5/c1-28-17-6-4-16(5-7-17)21(26)25-15-19(30-18-3-2-8-23-14-18)13-20(25)22(27)24-9-11-29-12-10-24/h2-8,14,19-20H,9-13,15H2,1H3/t19-,20-/m0/s1. The number of hydrogen-bond acceptors (Lipinski definition) is 6. The Morgan fingerprint density at radius 3 is 2.53 bits per heavy atom. The molecule has 2 aliphatic rings. The summed E-state index contributed by atoms with van der Waals surface area (Å²) >= 11 is 0. The van der Waals surface area contributed by atoms with Crippen LogP contribution in [0.2, 0.25) is 0 Å². The van der Waals surface area contributed by atoms with Crippen molar-refractivity contribution in [3.63, 3.8) is 0 Å². The number of rotatable bonds is 5. The van der Waals surface area contributed by atoms with Gasteiger partial charge in [-0.1, -0.05) is 0 Å². The van der Waals surface area contributed by atoms with E-state index in [1.54, 1.807) is 59.6 Å². The summed E-state index contributed by atoms with van der Waals surface area (Å²) in [5, 5.41) is 0. The van der Waals surface area contributed by atoms with Crippen molar-refractivity contribution in [2.24, 2.45) is 0 Å². The molecule has 1 aromatic carbocycles. The van der Waals surface area contributed by atoms with Crippen LogP contribution in [0.25, 0.3) is 0 Å². The van der Waals surface area contributed by atoms with Crippen LogP contribution < -0.4 is 9.47 Å². The number of amides is 2. The molecule has 0 spiro atoms. The number of carbonyl (C=O) groups excluding carboxylic acids is 2. The summed E-state index contributed by atoms with van der Waals surface area (Å²) in [7, 11) is 1.58. The smallest absolute Gasteiger partial charge is 0.254 e. The van der Waals surface area contributed by atoms with Gasteiger partial charge in [0, 0.05) is 31.3 Å². The number of aromatic nitrogens is 1. The molecule has 0 unspecified atom stereocenters. The molecule has 2 aliphatic heterocycles. The Hall–Kier alpha value is -3.13. The zero-order chi connectivity index (χ0) is 20.9. The number of likely N-dealkylation sites (tertiary alicyclic amines) is 1. The fraction of sp³-hybridized carbons (Fsp3) is 0.409. The molecule has 0 N–H and O–H groups in total. The summed E-state index contributed by atoms with van der Waals surface area (Å²) in [5.74, 6) is 1.05. The maximum absolute atomic E-state index is 13.3. The van der Waals surface area contributed by atoms with Crippen LogP contribution in [-0.4, -0.2) is 78.7 Å². The molecule has 0 radical (unpaired) electrons. The third-order valence-corrected chi connectivity index (χ3v) is 5.41. The number of benzene rings is 1. The summed E-state index contributed by atoms with van der Waals surface area (Å²) in [6, 6.07) is 9.96. The minimum Gasteiger partial charge on any atom is -0.497 e. The van der Waals surface area contributed by atoms with Crippen LogP contribution in [0.15, 0.2) is 48.8 Å². The lowest BCUT2D eigenvalue weighted by Crippen LogP contribution is -2.51. The van der Waals surface area contributed by atoms with Gasteiger partial charge in [0.05, 0.1) is 33.1 Å². The molecule has 30 heavy (non-hydrogen) atoms. The number of pyridine rings is 1. The van der Waals surface area contributed by atoms with Gasteiger partial charge in [-0.15, -0.1) is 0 Å². The van der Waals surface area contributed by atoms with Crippen molar-refractivity contribution in [3.8, 4) is 11.5 Å². The molecule has 2 atom stereocenters. The van der Waals surface area contributed by atoms with Gasteiger partial charge in [-0.25, -0.2) is 0 Å². The van der Waals surface area contributed by atoms with Crippen molar-refractivity contribution in [3.05, 3.63) is 54.4 Å². The second-order valence-corrected chi connectivity index (χ2v) is 7.30. The van der Waals surface area contributed by atoms with Crippen LogP contribution in [-0.2, 0) is 9.53 Å². The minimum atomic E-state index is -0.570. The van der Waals surface area contributed by atoms with Crippen LogP contribution in [0.1, 0.15) is 16.8 Å². The number of hydrogen-bond donors (Lipinski definition) is 0. The first-order valence-corrected chi connectivity index (χ1v) is 10.0. The molecule has 2 fully saturated rings. The van der Waals surface area contributed by atoms with E-state index in [1.165, 1.54) is 0 Å². The van der Waals surface area contributed by atoms with E-state index in [4.69, 9.17) is 14.2 Å². The fourth-order valence-electron chi connectivity index (χ4n) is 3.84. The molecule has 0 saturated carbocycles. The Morgan fingerprint density at radius 1 is 1.10 bits per heavy atom. The van der Waals surface area contributed by atoms with Gasteiger partial charge in [0.1, 0.15) is 23.6 Å². The fourth-order valence-corrected chi connectivity index (χ4v) is 3.84. The molecular formula is C22H25N3O5. The van der Waals surface area contributed by atoms with Crippen molar-refractivity contribution in [2.45, 2.75) is 18.6 Å². The average molecular weight is 411 g/mol. The lowest BCUT2D eigenvalue weighted by molar-refractivity contribution is -0.139. The molecule has 4 rings (SSSR count). The highest BCUT2D eigenvalue weighted by Gasteiger charge is 2.43. The first-order valence-electron chi connectivity index (χ1n) is 10.0. The van der Waals surface area contributed by atoms with Crippen LogP contribution in [0.4, 0.5) is 0 Å². The van der Waals surface area contributed by atoms with Crippen molar-refractivity contribution < 1.29 is 23.8 Å². The lowest BCUT2D eigenvalue weighted by atomic mass is 10.1. The predicted octanol–water partition coefficient (Wildman–Crippen LogP) is 1.61. The van der Waals surface area contributed by atoms with Gasteiger partial charge in [-0.2, -0.15) is 0 Å². The highest BCUT2D eigenvalue weighted by molar-refractivity contribution is 5.98. The van der Waals surface area contributed by atoms with Gasteiger partial charge in [-0.3, -0.25) is 14.6 Å². The van der Waals surface area contributed by atoms with Gasteiger partial charge in [-0.05, 0) is 36.4 Å². The van der Waals surface area contributed by atoms with Crippen molar-refractivity contribution in [1.82, 2.24) is 14.8 Å². The van der Waals surface area contributed by atoms with E-state index >= 15 is 0 Å². The third kappa shape index (κ3) is 4.38. The zero-order valence-corrected chi connectivity index (χ0v) is 16.9. The minimum absolute atomic E-state index is 0.0579. The van der Waals surface area contributed by atoms with E-state index in [-0.39, 0.29) is 17.9 Å². The van der Waals surface area contributed by atoms with Crippen LogP contribution in [0.5, 0.6) is 11.5 Å². The number of ether oxygens (including phenoxy) is 3. The summed E-state index contributed by atoms with van der Waals surface area (Å²) in [5.41, 5.74) is 0.512. The molecule has 0 bridgehead atoms. The molecule has 8 nitrogen and oxygen atoms in total. The van der Waals surface area contributed by atoms with Crippen molar-refractivity contribution in [2.75, 3.05) is 40.0 Å². The molecule has 2 aromatic rings. The Balaban J connectivity index is 1.54. The van der Waals surface area contributed by atoms with Crippen LogP contribution in [0.3, 0.4) is 0 Å². The van der Waals surface area contributed by atoms with E-state index < -0.39 is 6.04 Å². The van der Waals surface area contributed by atoms with Crippen molar-refractivity contribution in [1.29, 1.82) is 0 Å². The average Bonchev–Trinajstić information content (AvgIpc) is 3.23. The summed E-state index contributed by atoms with van der Waals surface area (Å²) in [6.07, 6.45) is 3.46. The SMILES string of the molecule is COc1ccc(C(=O)N2C[C@@H](Oc3cccnc3)C[C@H]2C(=O)N2CCOCC2)cc1. The Labute approximate surface area is 175 Å². The quantitative estimate of drug-likeness (QED) is 0.744. The van der Waals surface area contributed by atoms with E-state index in [1.807, 2.05) is 6.07 Å². The molecule has 1 aromatic heterocycles. The highest BCUT2D eigenvalue weighted by atomic mass is 16.5. The molecule has 8 heteroatoms. The summed E-state index contributed by atoms with van der Waals surface area (Å²) in [6.45, 7) is 2.43. The molecule has 3 heterocycles. The van der Waals surface area contributed by atoms with Gasteiger partial charge < -0.3 is 24.0 Å². The van der Waals surface area contributed by atoms with Gasteiger partial charge in [0.2, 0.25) is 5.91 Å². The lowest BCUT2D eigenvalue weighted by Gasteiger charge is -2.32. The maximum atomic E-state index is 13.3. The summed E-state index contributed by atoms with van der Waals surface area (Å²) in [4.78, 5) is 34.0. The first kappa shape index (κ1) is 20.2. The van der Waals surface area contributed by atoms with Crippen LogP contribution >= 0.6 is 0 Å². The summed E-state index contributed by atoms with van der Waals surface area (Å²) < 4.78 is 16.6. The predicted molar refractivity (Wildman–Crippen MR) is 108 cm³/mol. The molecule has 2 saturated heterocycles. The van der Waals surface area contributed by atoms with Crippen LogP contribution in [0, 0.1) is 0 Å². The van der Waals surface area contributed by atoms with E-state index in [0.717, 1.165) is 0 Å². The number of morpholine rings is 1. The Morgan fingerprint density at radius 2 is 1.87 bits per heavy atom. The number of methoxy groups -OCH3 is 1. The Bertz CT molecular complexity index is 868. The second kappa shape index (κ2) is 9.13. The van der Waals surface area contributed by atoms with Crippen molar-refractivity contribution >= 4 is 11.8 Å². The Kier molecular flexibility index (Phi) is 6.13. The normalized spacial score (nSPS) is 21.4. The monoisotopic (exact) mass is 411 g/mol. The second-order valence-electron chi connectivity index (χ2n) is 7.30. The molecule has 2 amide bonds. The van der Waals surface area contributed by atoms with E-state index in [2.05, 4.69) is 4.98 Å². The van der Waals surface area contributed by atoms with Gasteiger partial charge in [0.25, 0.3) is 5.91 Å². The molecular weight excluding hydrogens is 386 g/mol. The maximum Gasteiger partial charge on any atom is 0.254 e. The van der Waals surface area contributed by atoms with Gasteiger partial charge >= 0.3 is 0 Å². The number of nitrogens with zero attached hydrogens (tertiary/aromatic N) is 3. The largest absolute Gasteiger partial charge is 0.497 e.